The van der Waals surface area contributed by atoms with Crippen molar-refractivity contribution in [1.82, 2.24) is 4.98 Å². The largest absolute Gasteiger partial charge is 0.330 e. The molecule has 0 spiro atoms. The Morgan fingerprint density at radius 3 is 2.63 bits per heavy atom. The smallest absolute Gasteiger partial charge is 0.0797 e. The molecule has 0 amide bonds. The second kappa shape index (κ2) is 7.17. The molecule has 0 fully saturated rings. The van der Waals surface area contributed by atoms with E-state index in [1.807, 2.05) is 5.51 Å². The van der Waals surface area contributed by atoms with E-state index in [2.05, 4.69) is 52.1 Å². The van der Waals surface area contributed by atoms with Crippen LogP contribution in [0.2, 0.25) is 0 Å². The number of hydrogen-bond donors (Lipinski definition) is 1. The molecule has 0 saturated carbocycles. The van der Waals surface area contributed by atoms with E-state index in [4.69, 9.17) is 5.73 Å². The van der Waals surface area contributed by atoms with Crippen molar-refractivity contribution in [1.29, 1.82) is 0 Å². The molecule has 2 nitrogen and oxygen atoms in total. The summed E-state index contributed by atoms with van der Waals surface area (Å²) in [5.74, 6) is 0.544. The first-order valence-corrected chi connectivity index (χ1v) is 8.19. The summed E-state index contributed by atoms with van der Waals surface area (Å²) in [6, 6.07) is 8.53. The number of thiazole rings is 1. The molecule has 19 heavy (non-hydrogen) atoms. The zero-order valence-corrected chi connectivity index (χ0v) is 13.5. The number of nitrogens with two attached hydrogens (primary N) is 1. The predicted molar refractivity (Wildman–Crippen MR) is 85.6 cm³/mol. The molecule has 102 valence electrons. The van der Waals surface area contributed by atoms with Gasteiger partial charge in [-0.15, -0.1) is 11.3 Å². The predicted octanol–water partition coefficient (Wildman–Crippen LogP) is 3.96. The van der Waals surface area contributed by atoms with E-state index in [-0.39, 0.29) is 0 Å². The van der Waals surface area contributed by atoms with Crippen LogP contribution in [0, 0.1) is 12.8 Å². The van der Waals surface area contributed by atoms with Crippen molar-refractivity contribution in [3.8, 4) is 0 Å². The molecule has 1 unspecified atom stereocenters. The summed E-state index contributed by atoms with van der Waals surface area (Å²) in [5, 5.41) is 0. The van der Waals surface area contributed by atoms with Gasteiger partial charge in [0, 0.05) is 9.35 Å². The molecular formula is C15H19BrN2S. The van der Waals surface area contributed by atoms with Crippen LogP contribution in [0.15, 0.2) is 34.2 Å². The standard InChI is InChI=1S/C15H19BrN2S/c1-11-15(19-10-18-11)7-4-13(9-17)8-12-2-5-14(16)6-3-12/h2-3,5-6,10,13H,4,7-9,17H2,1H3. The molecule has 0 aliphatic heterocycles. The van der Waals surface area contributed by atoms with Gasteiger partial charge >= 0.3 is 0 Å². The fraction of sp³-hybridized carbons (Fsp3) is 0.400. The van der Waals surface area contributed by atoms with Gasteiger partial charge < -0.3 is 5.73 Å². The van der Waals surface area contributed by atoms with Crippen LogP contribution in [0.3, 0.4) is 0 Å². The lowest BCUT2D eigenvalue weighted by atomic mass is 9.94. The second-order valence-electron chi connectivity index (χ2n) is 4.83. The topological polar surface area (TPSA) is 38.9 Å². The highest BCUT2D eigenvalue weighted by Gasteiger charge is 2.10. The molecular weight excluding hydrogens is 320 g/mol. The molecule has 1 heterocycles. The minimum Gasteiger partial charge on any atom is -0.330 e. The first-order valence-electron chi connectivity index (χ1n) is 6.52. The van der Waals surface area contributed by atoms with Crippen LogP contribution in [0.4, 0.5) is 0 Å². The molecule has 2 rings (SSSR count). The van der Waals surface area contributed by atoms with E-state index in [1.54, 1.807) is 11.3 Å². The second-order valence-corrected chi connectivity index (χ2v) is 6.69. The van der Waals surface area contributed by atoms with E-state index in [0.29, 0.717) is 5.92 Å². The SMILES string of the molecule is Cc1ncsc1CCC(CN)Cc1ccc(Br)cc1. The van der Waals surface area contributed by atoms with Gasteiger partial charge in [0.2, 0.25) is 0 Å². The van der Waals surface area contributed by atoms with Gasteiger partial charge in [0.25, 0.3) is 0 Å². The summed E-state index contributed by atoms with van der Waals surface area (Å²) in [6.45, 7) is 2.83. The van der Waals surface area contributed by atoms with Crippen molar-refractivity contribution in [3.05, 3.63) is 50.4 Å². The Morgan fingerprint density at radius 2 is 2.05 bits per heavy atom. The van der Waals surface area contributed by atoms with E-state index in [1.165, 1.54) is 16.1 Å². The quantitative estimate of drug-likeness (QED) is 0.865. The Kier molecular flexibility index (Phi) is 5.55. The molecule has 0 radical (unpaired) electrons. The van der Waals surface area contributed by atoms with Crippen LogP contribution >= 0.6 is 27.3 Å². The Labute approximate surface area is 127 Å². The van der Waals surface area contributed by atoms with Crippen molar-refractivity contribution in [2.45, 2.75) is 26.2 Å². The highest BCUT2D eigenvalue weighted by Crippen LogP contribution is 2.20. The van der Waals surface area contributed by atoms with Crippen molar-refractivity contribution in [2.75, 3.05) is 6.54 Å². The monoisotopic (exact) mass is 338 g/mol. The van der Waals surface area contributed by atoms with Crippen LogP contribution in [0.25, 0.3) is 0 Å². The molecule has 0 aliphatic rings. The number of aryl methyl sites for hydroxylation is 2. The zero-order chi connectivity index (χ0) is 13.7. The van der Waals surface area contributed by atoms with Gasteiger partial charge in [-0.1, -0.05) is 28.1 Å². The number of nitrogens with zero attached hydrogens (tertiary/aromatic N) is 1. The maximum absolute atomic E-state index is 5.91. The van der Waals surface area contributed by atoms with Gasteiger partial charge in [-0.2, -0.15) is 0 Å². The van der Waals surface area contributed by atoms with Gasteiger partial charge in [-0.25, -0.2) is 4.98 Å². The molecule has 1 aromatic carbocycles. The lowest BCUT2D eigenvalue weighted by Gasteiger charge is -2.14. The molecule has 2 N–H and O–H groups in total. The minimum absolute atomic E-state index is 0.544. The van der Waals surface area contributed by atoms with E-state index >= 15 is 0 Å². The van der Waals surface area contributed by atoms with E-state index in [9.17, 15) is 0 Å². The van der Waals surface area contributed by atoms with Crippen LogP contribution in [-0.4, -0.2) is 11.5 Å². The summed E-state index contributed by atoms with van der Waals surface area (Å²) >= 11 is 5.22. The van der Waals surface area contributed by atoms with Gasteiger partial charge in [-0.3, -0.25) is 0 Å². The summed E-state index contributed by atoms with van der Waals surface area (Å²) in [7, 11) is 0. The summed E-state index contributed by atoms with van der Waals surface area (Å²) in [5.41, 5.74) is 10.4. The Morgan fingerprint density at radius 1 is 1.32 bits per heavy atom. The van der Waals surface area contributed by atoms with Crippen molar-refractivity contribution >= 4 is 27.3 Å². The van der Waals surface area contributed by atoms with Crippen molar-refractivity contribution < 1.29 is 0 Å². The first-order chi connectivity index (χ1) is 9.19. The lowest BCUT2D eigenvalue weighted by molar-refractivity contribution is 0.495. The summed E-state index contributed by atoms with van der Waals surface area (Å²) < 4.78 is 1.13. The summed E-state index contributed by atoms with van der Waals surface area (Å²) in [4.78, 5) is 5.69. The molecule has 4 heteroatoms. The van der Waals surface area contributed by atoms with Crippen molar-refractivity contribution in [3.63, 3.8) is 0 Å². The highest BCUT2D eigenvalue weighted by molar-refractivity contribution is 9.10. The maximum Gasteiger partial charge on any atom is 0.0797 e. The fourth-order valence-corrected chi connectivity index (χ4v) is 3.22. The molecule has 1 aromatic heterocycles. The Balaban J connectivity index is 1.90. The third-order valence-corrected chi connectivity index (χ3v) is 4.92. The first kappa shape index (κ1) is 14.7. The van der Waals surface area contributed by atoms with Crippen LogP contribution in [-0.2, 0) is 12.8 Å². The molecule has 0 aliphatic carbocycles. The molecule has 1 atom stereocenters. The van der Waals surface area contributed by atoms with Gasteiger partial charge in [0.05, 0.1) is 11.2 Å². The third-order valence-electron chi connectivity index (χ3n) is 3.40. The molecule has 2 aromatic rings. The fourth-order valence-electron chi connectivity index (χ4n) is 2.16. The van der Waals surface area contributed by atoms with E-state index in [0.717, 1.165) is 30.3 Å². The number of halogens is 1. The minimum atomic E-state index is 0.544. The Hall–Kier alpha value is -0.710. The molecule has 0 bridgehead atoms. The zero-order valence-electron chi connectivity index (χ0n) is 11.1. The number of rotatable bonds is 6. The molecule has 0 saturated heterocycles. The Bertz CT molecular complexity index is 507. The average Bonchev–Trinajstić information content (AvgIpc) is 2.82. The lowest BCUT2D eigenvalue weighted by Crippen LogP contribution is -2.17. The van der Waals surface area contributed by atoms with Crippen LogP contribution < -0.4 is 5.73 Å². The summed E-state index contributed by atoms with van der Waals surface area (Å²) in [6.07, 6.45) is 3.28. The third kappa shape index (κ3) is 4.41. The van der Waals surface area contributed by atoms with Gasteiger partial charge in [0.15, 0.2) is 0 Å². The average molecular weight is 339 g/mol. The maximum atomic E-state index is 5.91. The normalized spacial score (nSPS) is 12.6. The number of aromatic nitrogens is 1. The highest BCUT2D eigenvalue weighted by atomic mass is 79.9. The van der Waals surface area contributed by atoms with Gasteiger partial charge in [0.1, 0.15) is 0 Å². The van der Waals surface area contributed by atoms with Crippen molar-refractivity contribution in [2.24, 2.45) is 11.7 Å². The number of benzene rings is 1. The van der Waals surface area contributed by atoms with Gasteiger partial charge in [-0.05, 0) is 56.3 Å². The van der Waals surface area contributed by atoms with Crippen LogP contribution in [0.5, 0.6) is 0 Å². The van der Waals surface area contributed by atoms with Crippen LogP contribution in [0.1, 0.15) is 22.6 Å². The van der Waals surface area contributed by atoms with E-state index < -0.39 is 0 Å². The number of hydrogen-bond acceptors (Lipinski definition) is 3.